The van der Waals surface area contributed by atoms with E-state index in [2.05, 4.69) is 20.2 Å². The van der Waals surface area contributed by atoms with Crippen LogP contribution in [-0.2, 0) is 0 Å². The van der Waals surface area contributed by atoms with Crippen LogP contribution >= 0.6 is 23.8 Å². The average Bonchev–Trinajstić information content (AvgIpc) is 2.27. The predicted octanol–water partition coefficient (Wildman–Crippen LogP) is 1.67. The zero-order chi connectivity index (χ0) is 7.84. The molecule has 0 aliphatic rings. The van der Waals surface area contributed by atoms with Crippen molar-refractivity contribution >= 4 is 35.0 Å². The zero-order valence-corrected chi connectivity index (χ0v) is 6.83. The molecule has 6 heteroatoms. The first-order valence-electron chi connectivity index (χ1n) is 2.87. The highest BCUT2D eigenvalue weighted by Gasteiger charge is 1.97. The van der Waals surface area contributed by atoms with E-state index >= 15 is 0 Å². The van der Waals surface area contributed by atoms with Gasteiger partial charge in [0.2, 0.25) is 0 Å². The summed E-state index contributed by atoms with van der Waals surface area (Å²) in [6.07, 6.45) is 0. The van der Waals surface area contributed by atoms with Gasteiger partial charge in [0, 0.05) is 6.07 Å². The molecule has 4 nitrogen and oxygen atoms in total. The number of fused-ring (bicyclic) bond motifs is 1. The van der Waals surface area contributed by atoms with Gasteiger partial charge in [-0.2, -0.15) is 0 Å². The highest BCUT2D eigenvalue weighted by molar-refractivity contribution is 7.71. The third kappa shape index (κ3) is 1.12. The Kier molecular flexibility index (Phi) is 1.40. The Labute approximate surface area is 71.6 Å². The molecule has 11 heavy (non-hydrogen) atoms. The smallest absolute Gasteiger partial charge is 0.178 e. The number of hydrogen-bond donors (Lipinski definition) is 2. The van der Waals surface area contributed by atoms with Gasteiger partial charge in [-0.25, -0.2) is 0 Å². The van der Waals surface area contributed by atoms with Crippen molar-refractivity contribution in [2.75, 3.05) is 0 Å². The maximum Gasteiger partial charge on any atom is 0.178 e. The number of rotatable bonds is 0. The molecule has 0 aliphatic carbocycles. The number of H-pyrrole nitrogens is 2. The lowest BCUT2D eigenvalue weighted by molar-refractivity contribution is 1.06. The predicted molar refractivity (Wildman–Crippen MR) is 44.1 cm³/mol. The van der Waals surface area contributed by atoms with E-state index in [-0.39, 0.29) is 0 Å². The van der Waals surface area contributed by atoms with Crippen LogP contribution < -0.4 is 0 Å². The van der Waals surface area contributed by atoms with Gasteiger partial charge in [-0.1, -0.05) is 11.6 Å². The van der Waals surface area contributed by atoms with E-state index in [0.717, 1.165) is 5.52 Å². The Hall–Kier alpha value is -0.940. The number of aromatic amines is 2. The molecule has 2 heterocycles. The highest BCUT2D eigenvalue weighted by Crippen LogP contribution is 2.09. The Balaban J connectivity index is 2.92. The minimum atomic E-state index is 0.350. The Morgan fingerprint density at radius 3 is 3.00 bits per heavy atom. The van der Waals surface area contributed by atoms with E-state index in [9.17, 15) is 0 Å². The third-order valence-electron chi connectivity index (χ3n) is 1.24. The van der Waals surface area contributed by atoms with E-state index in [4.69, 9.17) is 23.8 Å². The van der Waals surface area contributed by atoms with Crippen LogP contribution in [0, 0.1) is 4.77 Å². The zero-order valence-electron chi connectivity index (χ0n) is 5.26. The molecule has 0 aliphatic heterocycles. The number of imidazole rings is 1. The summed E-state index contributed by atoms with van der Waals surface area (Å²) in [6.45, 7) is 0. The van der Waals surface area contributed by atoms with E-state index in [0.29, 0.717) is 15.6 Å². The minimum absolute atomic E-state index is 0.350. The second-order valence-corrected chi connectivity index (χ2v) is 2.80. The van der Waals surface area contributed by atoms with Crippen molar-refractivity contribution in [3.05, 3.63) is 16.0 Å². The standard InChI is InChI=1S/C5H3ClN4S/c6-3-1-2-4(10-9-3)8-5(11)7-2/h1H,(H2,7,8,10,11). The molecule has 2 aromatic heterocycles. The van der Waals surface area contributed by atoms with Crippen molar-refractivity contribution in [1.82, 2.24) is 20.2 Å². The maximum atomic E-state index is 5.59. The molecule has 0 saturated carbocycles. The van der Waals surface area contributed by atoms with Crippen molar-refractivity contribution in [3.63, 3.8) is 0 Å². The highest BCUT2D eigenvalue weighted by atomic mass is 35.5. The van der Waals surface area contributed by atoms with Crippen molar-refractivity contribution in [1.29, 1.82) is 0 Å². The fourth-order valence-corrected chi connectivity index (χ4v) is 1.17. The van der Waals surface area contributed by atoms with Crippen molar-refractivity contribution < 1.29 is 0 Å². The number of halogens is 1. The minimum Gasteiger partial charge on any atom is -0.329 e. The van der Waals surface area contributed by atoms with Crippen LogP contribution in [0.5, 0.6) is 0 Å². The monoisotopic (exact) mass is 186 g/mol. The summed E-state index contributed by atoms with van der Waals surface area (Å²) in [5.74, 6) is 0. The van der Waals surface area contributed by atoms with Crippen LogP contribution in [-0.4, -0.2) is 20.2 Å². The first-order valence-corrected chi connectivity index (χ1v) is 3.65. The van der Waals surface area contributed by atoms with Crippen molar-refractivity contribution in [3.8, 4) is 0 Å². The van der Waals surface area contributed by atoms with Gasteiger partial charge in [-0.05, 0) is 12.2 Å². The number of hydrogen-bond acceptors (Lipinski definition) is 3. The van der Waals surface area contributed by atoms with Gasteiger partial charge in [0.15, 0.2) is 15.6 Å². The summed E-state index contributed by atoms with van der Waals surface area (Å²) in [5.41, 5.74) is 1.40. The molecule has 2 rings (SSSR count). The van der Waals surface area contributed by atoms with Crippen LogP contribution in [0.2, 0.25) is 5.15 Å². The van der Waals surface area contributed by atoms with Gasteiger partial charge in [-0.15, -0.1) is 10.2 Å². The molecule has 0 fully saturated rings. The third-order valence-corrected chi connectivity index (χ3v) is 1.63. The molecule has 0 unspecified atom stereocenters. The Bertz CT molecular complexity index is 445. The van der Waals surface area contributed by atoms with Gasteiger partial charge in [-0.3, -0.25) is 0 Å². The van der Waals surface area contributed by atoms with Gasteiger partial charge in [0.05, 0.1) is 5.52 Å². The quantitative estimate of drug-likeness (QED) is 0.616. The number of nitrogens with one attached hydrogen (secondary N) is 2. The summed E-state index contributed by atoms with van der Waals surface area (Å²) in [6, 6.07) is 1.66. The summed E-state index contributed by atoms with van der Waals surface area (Å²) in [7, 11) is 0. The maximum absolute atomic E-state index is 5.59. The van der Waals surface area contributed by atoms with Crippen LogP contribution in [0.4, 0.5) is 0 Å². The normalized spacial score (nSPS) is 10.6. The van der Waals surface area contributed by atoms with Crippen LogP contribution in [0.1, 0.15) is 0 Å². The molecule has 0 radical (unpaired) electrons. The topological polar surface area (TPSA) is 57.4 Å². The SMILES string of the molecule is S=c1[nH]c2cc(Cl)nnc2[nH]1. The second-order valence-electron chi connectivity index (χ2n) is 2.01. The molecule has 0 bridgehead atoms. The summed E-state index contributed by atoms with van der Waals surface area (Å²) in [4.78, 5) is 5.68. The fraction of sp³-hybridized carbons (Fsp3) is 0. The average molecular weight is 187 g/mol. The van der Waals surface area contributed by atoms with E-state index < -0.39 is 0 Å². The summed E-state index contributed by atoms with van der Waals surface area (Å²) < 4.78 is 0.525. The van der Waals surface area contributed by atoms with E-state index in [1.165, 1.54) is 0 Å². The van der Waals surface area contributed by atoms with Gasteiger partial charge < -0.3 is 9.97 Å². The van der Waals surface area contributed by atoms with Crippen molar-refractivity contribution in [2.45, 2.75) is 0 Å². The van der Waals surface area contributed by atoms with Crippen LogP contribution in [0.3, 0.4) is 0 Å². The summed E-state index contributed by atoms with van der Waals surface area (Å²) in [5, 5.41) is 7.75. The van der Waals surface area contributed by atoms with Gasteiger partial charge >= 0.3 is 0 Å². The van der Waals surface area contributed by atoms with Crippen LogP contribution in [0.25, 0.3) is 11.2 Å². The first-order chi connectivity index (χ1) is 5.25. The lowest BCUT2D eigenvalue weighted by Crippen LogP contribution is -1.81. The largest absolute Gasteiger partial charge is 0.329 e. The molecule has 2 aromatic rings. The Morgan fingerprint density at radius 2 is 2.18 bits per heavy atom. The first kappa shape index (κ1) is 6.75. The molecular weight excluding hydrogens is 184 g/mol. The molecule has 0 aromatic carbocycles. The number of nitrogens with zero attached hydrogens (tertiary/aromatic N) is 2. The van der Waals surface area contributed by atoms with Crippen LogP contribution in [0.15, 0.2) is 6.07 Å². The van der Waals surface area contributed by atoms with Gasteiger partial charge in [0.1, 0.15) is 0 Å². The van der Waals surface area contributed by atoms with Gasteiger partial charge in [0.25, 0.3) is 0 Å². The number of aromatic nitrogens is 4. The van der Waals surface area contributed by atoms with E-state index in [1.54, 1.807) is 6.07 Å². The summed E-state index contributed by atoms with van der Waals surface area (Å²) >= 11 is 10.4. The molecular formula is C5H3ClN4S. The molecule has 0 saturated heterocycles. The molecule has 0 spiro atoms. The lowest BCUT2D eigenvalue weighted by Gasteiger charge is -1.85. The molecule has 2 N–H and O–H groups in total. The second kappa shape index (κ2) is 2.28. The fourth-order valence-electron chi connectivity index (χ4n) is 0.817. The van der Waals surface area contributed by atoms with Crippen molar-refractivity contribution in [2.24, 2.45) is 0 Å². The lowest BCUT2D eigenvalue weighted by atomic mass is 10.5. The Morgan fingerprint density at radius 1 is 1.36 bits per heavy atom. The molecule has 0 amide bonds. The van der Waals surface area contributed by atoms with E-state index in [1.807, 2.05) is 0 Å². The molecule has 0 atom stereocenters. The molecule has 56 valence electrons.